The third-order valence-electron chi connectivity index (χ3n) is 3.03. The number of benzene rings is 1. The van der Waals surface area contributed by atoms with Gasteiger partial charge in [0.25, 0.3) is 0 Å². The summed E-state index contributed by atoms with van der Waals surface area (Å²) >= 11 is 0. The fraction of sp³-hybridized carbons (Fsp3) is 0.417. The van der Waals surface area contributed by atoms with E-state index in [1.165, 1.54) is 6.07 Å². The number of carboxylic acids is 1. The van der Waals surface area contributed by atoms with Crippen molar-refractivity contribution in [2.75, 3.05) is 26.2 Å². The van der Waals surface area contributed by atoms with Gasteiger partial charge in [0.15, 0.2) is 0 Å². The van der Waals surface area contributed by atoms with Crippen molar-refractivity contribution in [3.8, 4) is 5.75 Å². The number of phenols is 1. The highest BCUT2D eigenvalue weighted by molar-refractivity contribution is 5.76. The molecule has 1 heterocycles. The van der Waals surface area contributed by atoms with E-state index in [0.29, 0.717) is 26.2 Å². The molecule has 98 valence electrons. The smallest absolute Gasteiger partial charge is 0.325 e. The first-order chi connectivity index (χ1) is 8.59. The number of carbonyl (C=O) groups is 1. The molecule has 1 aliphatic heterocycles. The number of carboxylic acid groups (broad SMARTS) is 1. The number of halogens is 1. The molecule has 3 N–H and O–H groups in total. The second kappa shape index (κ2) is 5.32. The summed E-state index contributed by atoms with van der Waals surface area (Å²) in [7, 11) is 0. The molecule has 0 amide bonds. The molecule has 0 aromatic heterocycles. The number of hydrogen-bond donors (Lipinski definition) is 3. The van der Waals surface area contributed by atoms with Crippen molar-refractivity contribution >= 4 is 5.97 Å². The maximum absolute atomic E-state index is 13.2. The van der Waals surface area contributed by atoms with Gasteiger partial charge in [-0.1, -0.05) is 0 Å². The lowest BCUT2D eigenvalue weighted by Gasteiger charge is -2.32. The molecule has 1 atom stereocenters. The molecule has 5 nitrogen and oxygen atoms in total. The van der Waals surface area contributed by atoms with Crippen molar-refractivity contribution in [2.24, 2.45) is 0 Å². The summed E-state index contributed by atoms with van der Waals surface area (Å²) in [5.74, 6) is -1.83. The SMILES string of the molecule is O=C(O)C(c1cc(F)ccc1O)N1CCNCC1. The van der Waals surface area contributed by atoms with E-state index in [-0.39, 0.29) is 11.3 Å². The third kappa shape index (κ3) is 2.60. The molecule has 0 saturated carbocycles. The van der Waals surface area contributed by atoms with Crippen LogP contribution in [-0.4, -0.2) is 47.3 Å². The zero-order valence-corrected chi connectivity index (χ0v) is 9.77. The predicted octanol–water partition coefficient (Wildman–Crippen LogP) is 0.562. The first-order valence-electron chi connectivity index (χ1n) is 5.75. The van der Waals surface area contributed by atoms with Crippen molar-refractivity contribution in [3.05, 3.63) is 29.6 Å². The Morgan fingerprint density at radius 1 is 1.39 bits per heavy atom. The molecule has 0 spiro atoms. The van der Waals surface area contributed by atoms with Gasteiger partial charge < -0.3 is 15.5 Å². The maximum atomic E-state index is 13.2. The van der Waals surface area contributed by atoms with Crippen LogP contribution in [0, 0.1) is 5.82 Å². The van der Waals surface area contributed by atoms with E-state index in [9.17, 15) is 19.4 Å². The normalized spacial score (nSPS) is 18.5. The second-order valence-electron chi connectivity index (χ2n) is 4.23. The largest absolute Gasteiger partial charge is 0.508 e. The molecule has 1 fully saturated rings. The number of rotatable bonds is 3. The van der Waals surface area contributed by atoms with Crippen molar-refractivity contribution in [2.45, 2.75) is 6.04 Å². The number of aromatic hydroxyl groups is 1. The van der Waals surface area contributed by atoms with Gasteiger partial charge >= 0.3 is 5.97 Å². The quantitative estimate of drug-likeness (QED) is 0.735. The van der Waals surface area contributed by atoms with Gasteiger partial charge in [0.1, 0.15) is 17.6 Å². The van der Waals surface area contributed by atoms with Crippen molar-refractivity contribution in [1.82, 2.24) is 10.2 Å². The highest BCUT2D eigenvalue weighted by Crippen LogP contribution is 2.29. The van der Waals surface area contributed by atoms with Gasteiger partial charge in [0, 0.05) is 31.7 Å². The molecule has 6 heteroatoms. The Hall–Kier alpha value is -1.66. The molecule has 1 aliphatic rings. The summed E-state index contributed by atoms with van der Waals surface area (Å²) in [5.41, 5.74) is 0.101. The minimum atomic E-state index is -1.09. The number of piperazine rings is 1. The Kier molecular flexibility index (Phi) is 3.78. The molecule has 2 rings (SSSR count). The fourth-order valence-corrected chi connectivity index (χ4v) is 2.17. The summed E-state index contributed by atoms with van der Waals surface area (Å²) in [6.45, 7) is 2.46. The highest BCUT2D eigenvalue weighted by Gasteiger charge is 2.30. The van der Waals surface area contributed by atoms with Crippen LogP contribution in [0.3, 0.4) is 0 Å². The van der Waals surface area contributed by atoms with Gasteiger partial charge in [-0.15, -0.1) is 0 Å². The van der Waals surface area contributed by atoms with E-state index in [0.717, 1.165) is 12.1 Å². The second-order valence-corrected chi connectivity index (χ2v) is 4.23. The summed E-state index contributed by atoms with van der Waals surface area (Å²) in [5, 5.41) is 22.1. The number of hydrogen-bond acceptors (Lipinski definition) is 4. The van der Waals surface area contributed by atoms with E-state index in [1.807, 2.05) is 0 Å². The predicted molar refractivity (Wildman–Crippen MR) is 62.9 cm³/mol. The lowest BCUT2D eigenvalue weighted by Crippen LogP contribution is -2.47. The molecule has 0 aliphatic carbocycles. The van der Waals surface area contributed by atoms with Crippen LogP contribution in [0.4, 0.5) is 4.39 Å². The van der Waals surface area contributed by atoms with Crippen molar-refractivity contribution in [3.63, 3.8) is 0 Å². The van der Waals surface area contributed by atoms with Crippen LogP contribution in [0.2, 0.25) is 0 Å². The Morgan fingerprint density at radius 3 is 2.67 bits per heavy atom. The number of nitrogens with zero attached hydrogens (tertiary/aromatic N) is 1. The fourth-order valence-electron chi connectivity index (χ4n) is 2.17. The van der Waals surface area contributed by atoms with Crippen molar-refractivity contribution in [1.29, 1.82) is 0 Å². The van der Waals surface area contributed by atoms with Gasteiger partial charge in [-0.2, -0.15) is 0 Å². The van der Waals surface area contributed by atoms with Crippen LogP contribution in [0.15, 0.2) is 18.2 Å². The van der Waals surface area contributed by atoms with E-state index in [1.54, 1.807) is 4.90 Å². The molecule has 1 aromatic carbocycles. The average Bonchev–Trinajstić information content (AvgIpc) is 2.35. The van der Waals surface area contributed by atoms with Gasteiger partial charge in [0.2, 0.25) is 0 Å². The number of phenolic OH excluding ortho intramolecular Hbond substituents is 1. The summed E-state index contributed by atoms with van der Waals surface area (Å²) in [4.78, 5) is 13.1. The van der Waals surface area contributed by atoms with E-state index < -0.39 is 17.8 Å². The molecule has 0 radical (unpaired) electrons. The zero-order chi connectivity index (χ0) is 13.1. The molecule has 1 aromatic rings. The summed E-state index contributed by atoms with van der Waals surface area (Å²) in [6, 6.07) is 2.36. The third-order valence-corrected chi connectivity index (χ3v) is 3.03. The lowest BCUT2D eigenvalue weighted by molar-refractivity contribution is -0.144. The van der Waals surface area contributed by atoms with E-state index in [4.69, 9.17) is 0 Å². The van der Waals surface area contributed by atoms with Gasteiger partial charge in [-0.3, -0.25) is 9.69 Å². The summed E-state index contributed by atoms with van der Waals surface area (Å²) < 4.78 is 13.2. The molecule has 1 saturated heterocycles. The number of nitrogens with one attached hydrogen (secondary N) is 1. The van der Waals surface area contributed by atoms with Crippen LogP contribution in [0.25, 0.3) is 0 Å². The molecule has 0 bridgehead atoms. The van der Waals surface area contributed by atoms with Gasteiger partial charge in [-0.25, -0.2) is 4.39 Å². The Morgan fingerprint density at radius 2 is 2.06 bits per heavy atom. The standard InChI is InChI=1S/C12H15FN2O3/c13-8-1-2-10(16)9(7-8)11(12(17)18)15-5-3-14-4-6-15/h1-2,7,11,14,16H,3-6H2,(H,17,18). The highest BCUT2D eigenvalue weighted by atomic mass is 19.1. The minimum absolute atomic E-state index is 0.101. The van der Waals surface area contributed by atoms with Crippen LogP contribution in [-0.2, 0) is 4.79 Å². The Bertz CT molecular complexity index is 447. The van der Waals surface area contributed by atoms with E-state index >= 15 is 0 Å². The van der Waals surface area contributed by atoms with E-state index in [2.05, 4.69) is 5.32 Å². The molecular formula is C12H15FN2O3. The Balaban J connectivity index is 2.34. The first kappa shape index (κ1) is 12.8. The average molecular weight is 254 g/mol. The Labute approximate surface area is 104 Å². The van der Waals surface area contributed by atoms with Crippen LogP contribution < -0.4 is 5.32 Å². The summed E-state index contributed by atoms with van der Waals surface area (Å²) in [6.07, 6.45) is 0. The monoisotopic (exact) mass is 254 g/mol. The van der Waals surface area contributed by atoms with Gasteiger partial charge in [-0.05, 0) is 18.2 Å². The van der Waals surface area contributed by atoms with Gasteiger partial charge in [0.05, 0.1) is 0 Å². The topological polar surface area (TPSA) is 72.8 Å². The maximum Gasteiger partial charge on any atom is 0.325 e. The first-order valence-corrected chi connectivity index (χ1v) is 5.75. The van der Waals surface area contributed by atoms with Crippen LogP contribution in [0.1, 0.15) is 11.6 Å². The molecular weight excluding hydrogens is 239 g/mol. The molecule has 18 heavy (non-hydrogen) atoms. The van der Waals surface area contributed by atoms with Crippen LogP contribution >= 0.6 is 0 Å². The lowest BCUT2D eigenvalue weighted by atomic mass is 10.0. The molecule has 1 unspecified atom stereocenters. The number of aliphatic carboxylic acids is 1. The zero-order valence-electron chi connectivity index (χ0n) is 9.77. The van der Waals surface area contributed by atoms with Crippen molar-refractivity contribution < 1.29 is 19.4 Å². The minimum Gasteiger partial charge on any atom is -0.508 e. The van der Waals surface area contributed by atoms with Crippen LogP contribution in [0.5, 0.6) is 5.75 Å².